The maximum atomic E-state index is 13.7. The maximum Gasteiger partial charge on any atom is 0.315 e. The number of fused-ring (bicyclic) bond motifs is 4. The fraction of sp³-hybridized carbons (Fsp3) is 0.900. The zero-order chi connectivity index (χ0) is 23.7. The summed E-state index contributed by atoms with van der Waals surface area (Å²) >= 11 is 0. The lowest BCUT2D eigenvalue weighted by Gasteiger charge is -2.49. The predicted octanol–water partition coefficient (Wildman–Crippen LogP) is 7.18. The minimum Gasteiger partial charge on any atom is -0.335 e. The molecule has 5 aliphatic carbocycles. The largest absolute Gasteiger partial charge is 0.335 e. The van der Waals surface area contributed by atoms with Crippen molar-refractivity contribution in [3.63, 3.8) is 0 Å². The Bertz CT molecular complexity index is 786. The van der Waals surface area contributed by atoms with Gasteiger partial charge in [0, 0.05) is 17.5 Å². The third-order valence-electron chi connectivity index (χ3n) is 11.7. The SMILES string of the molecule is C=C1CCC[C@@H]2CC[C@@H](C(C)C)[C@H](NC(=O)N[C@]3(C)CC[C@@H]4[C@H]([C@@H]5[C@H](C)CC[C@H]53)C4(C)C)[C@@H]12. The van der Waals surface area contributed by atoms with Crippen LogP contribution >= 0.6 is 0 Å². The van der Waals surface area contributed by atoms with Crippen LogP contribution in [0.4, 0.5) is 4.79 Å². The number of hydrogen-bond donors (Lipinski definition) is 2. The van der Waals surface area contributed by atoms with Gasteiger partial charge in [-0.25, -0.2) is 4.79 Å². The van der Waals surface area contributed by atoms with E-state index < -0.39 is 0 Å². The summed E-state index contributed by atoms with van der Waals surface area (Å²) in [7, 11) is 0. The van der Waals surface area contributed by atoms with Crippen LogP contribution in [0.5, 0.6) is 0 Å². The van der Waals surface area contributed by atoms with Gasteiger partial charge in [-0.05, 0) is 111 Å². The number of nitrogens with one attached hydrogen (secondary N) is 2. The lowest BCUT2D eigenvalue weighted by Crippen LogP contribution is -2.60. The normalized spacial score (nSPS) is 48.3. The zero-order valence-corrected chi connectivity index (χ0v) is 22.3. The number of amides is 2. The number of carbonyl (C=O) groups excluding carboxylic acids is 1. The molecule has 2 amide bonds. The summed E-state index contributed by atoms with van der Waals surface area (Å²) in [5, 5.41) is 7.22. The van der Waals surface area contributed by atoms with Crippen molar-refractivity contribution in [1.82, 2.24) is 10.6 Å². The van der Waals surface area contributed by atoms with Gasteiger partial charge in [-0.15, -0.1) is 0 Å². The molecule has 10 atom stereocenters. The van der Waals surface area contributed by atoms with Crippen LogP contribution in [0.3, 0.4) is 0 Å². The van der Waals surface area contributed by atoms with Crippen LogP contribution in [-0.2, 0) is 0 Å². The molecule has 5 saturated carbocycles. The Hall–Kier alpha value is -0.990. The highest BCUT2D eigenvalue weighted by atomic mass is 16.2. The molecule has 0 aromatic rings. The van der Waals surface area contributed by atoms with Crippen LogP contribution < -0.4 is 10.6 Å². The highest BCUT2D eigenvalue weighted by molar-refractivity contribution is 5.75. The topological polar surface area (TPSA) is 41.1 Å². The fourth-order valence-corrected chi connectivity index (χ4v) is 9.86. The van der Waals surface area contributed by atoms with E-state index in [1.54, 1.807) is 0 Å². The number of urea groups is 1. The molecular weight excluding hydrogens is 404 g/mol. The van der Waals surface area contributed by atoms with E-state index in [4.69, 9.17) is 0 Å². The molecule has 0 radical (unpaired) electrons. The molecule has 33 heavy (non-hydrogen) atoms. The molecule has 0 saturated heterocycles. The average molecular weight is 455 g/mol. The van der Waals surface area contributed by atoms with Gasteiger partial charge in [-0.2, -0.15) is 0 Å². The third-order valence-corrected chi connectivity index (χ3v) is 11.7. The van der Waals surface area contributed by atoms with Gasteiger partial charge in [0.05, 0.1) is 0 Å². The molecule has 5 fully saturated rings. The van der Waals surface area contributed by atoms with Gasteiger partial charge >= 0.3 is 6.03 Å². The lowest BCUT2D eigenvalue weighted by molar-refractivity contribution is 0.0915. The zero-order valence-electron chi connectivity index (χ0n) is 22.3. The van der Waals surface area contributed by atoms with Gasteiger partial charge in [-0.1, -0.05) is 53.2 Å². The van der Waals surface area contributed by atoms with Gasteiger partial charge in [0.2, 0.25) is 0 Å². The first-order valence-electron chi connectivity index (χ1n) is 14.3. The van der Waals surface area contributed by atoms with Crippen LogP contribution in [0.2, 0.25) is 0 Å². The minimum absolute atomic E-state index is 0.0754. The monoisotopic (exact) mass is 454 g/mol. The summed E-state index contributed by atoms with van der Waals surface area (Å²) in [6, 6.07) is 0.344. The fourth-order valence-electron chi connectivity index (χ4n) is 9.86. The second kappa shape index (κ2) is 8.30. The van der Waals surface area contributed by atoms with Crippen LogP contribution in [0, 0.1) is 58.7 Å². The Labute approximate surface area is 203 Å². The number of carbonyl (C=O) groups is 1. The molecule has 3 heteroatoms. The summed E-state index contributed by atoms with van der Waals surface area (Å²) in [5.41, 5.74) is 1.83. The first-order valence-corrected chi connectivity index (χ1v) is 14.3. The summed E-state index contributed by atoms with van der Waals surface area (Å²) < 4.78 is 0. The molecule has 0 aliphatic heterocycles. The molecule has 0 unspecified atom stereocenters. The summed E-state index contributed by atoms with van der Waals surface area (Å²) in [6.07, 6.45) is 11.3. The minimum atomic E-state index is -0.0754. The first kappa shape index (κ1) is 23.7. The molecule has 0 heterocycles. The van der Waals surface area contributed by atoms with E-state index in [1.165, 1.54) is 50.5 Å². The van der Waals surface area contributed by atoms with Gasteiger partial charge in [0.1, 0.15) is 0 Å². The van der Waals surface area contributed by atoms with Gasteiger partial charge in [0.15, 0.2) is 0 Å². The Kier molecular flexibility index (Phi) is 5.97. The van der Waals surface area contributed by atoms with Crippen LogP contribution in [0.1, 0.15) is 99.3 Å². The average Bonchev–Trinajstić information content (AvgIpc) is 3.11. The van der Waals surface area contributed by atoms with Crippen molar-refractivity contribution >= 4 is 6.03 Å². The highest BCUT2D eigenvalue weighted by Gasteiger charge is 2.67. The van der Waals surface area contributed by atoms with Crippen molar-refractivity contribution < 1.29 is 4.79 Å². The molecular formula is C30H50N2O. The molecule has 3 nitrogen and oxygen atoms in total. The van der Waals surface area contributed by atoms with E-state index in [1.807, 2.05) is 0 Å². The highest BCUT2D eigenvalue weighted by Crippen LogP contribution is 2.71. The standard InChI is InChI=1S/C30H50N2O/c1-17(2)21-13-12-20-10-8-9-18(3)24(20)27(21)31-28(33)32-30(7)16-15-23-26(29(23,5)6)25-19(4)11-14-22(25)30/h17,19-27H,3,8-16H2,1-2,4-7H3,(H2,31,32,33)/t19-,20-,21+,22-,23-,24+,25-,26-,27+,30-/m1/s1. The van der Waals surface area contributed by atoms with Crippen molar-refractivity contribution in [2.45, 2.75) is 111 Å². The van der Waals surface area contributed by atoms with Crippen molar-refractivity contribution in [2.24, 2.45) is 58.7 Å². The quantitative estimate of drug-likeness (QED) is 0.436. The number of rotatable bonds is 3. The molecule has 186 valence electrons. The van der Waals surface area contributed by atoms with E-state index in [0.29, 0.717) is 29.1 Å². The van der Waals surface area contributed by atoms with Crippen LogP contribution in [-0.4, -0.2) is 17.6 Å². The smallest absolute Gasteiger partial charge is 0.315 e. The Balaban J connectivity index is 1.33. The summed E-state index contributed by atoms with van der Waals surface area (Å²) in [5.74, 6) is 6.25. The molecule has 0 spiro atoms. The van der Waals surface area contributed by atoms with E-state index in [2.05, 4.69) is 58.8 Å². The predicted molar refractivity (Wildman–Crippen MR) is 137 cm³/mol. The van der Waals surface area contributed by atoms with Crippen molar-refractivity contribution in [2.75, 3.05) is 0 Å². The van der Waals surface area contributed by atoms with Gasteiger partial charge < -0.3 is 10.6 Å². The molecule has 5 aliphatic rings. The Morgan fingerprint density at radius 2 is 1.79 bits per heavy atom. The van der Waals surface area contributed by atoms with E-state index in [0.717, 1.165) is 42.4 Å². The number of hydrogen-bond acceptors (Lipinski definition) is 1. The summed E-state index contributed by atoms with van der Waals surface area (Å²) in [4.78, 5) is 13.7. The van der Waals surface area contributed by atoms with E-state index in [9.17, 15) is 4.79 Å². The molecule has 5 rings (SSSR count). The molecule has 2 N–H and O–H groups in total. The van der Waals surface area contributed by atoms with Crippen molar-refractivity contribution in [3.05, 3.63) is 12.2 Å². The first-order chi connectivity index (χ1) is 15.5. The van der Waals surface area contributed by atoms with Gasteiger partial charge in [-0.3, -0.25) is 0 Å². The Morgan fingerprint density at radius 1 is 1.03 bits per heavy atom. The van der Waals surface area contributed by atoms with Crippen molar-refractivity contribution in [1.29, 1.82) is 0 Å². The van der Waals surface area contributed by atoms with E-state index >= 15 is 0 Å². The molecule has 0 aromatic carbocycles. The molecule has 0 bridgehead atoms. The van der Waals surface area contributed by atoms with Crippen molar-refractivity contribution in [3.8, 4) is 0 Å². The van der Waals surface area contributed by atoms with E-state index in [-0.39, 0.29) is 17.6 Å². The second-order valence-electron chi connectivity index (χ2n) is 14.1. The van der Waals surface area contributed by atoms with Crippen LogP contribution in [0.25, 0.3) is 0 Å². The summed E-state index contributed by atoms with van der Waals surface area (Å²) in [6.45, 7) is 19.0. The molecule has 0 aromatic heterocycles. The Morgan fingerprint density at radius 3 is 2.52 bits per heavy atom. The third kappa shape index (κ3) is 3.88. The van der Waals surface area contributed by atoms with Crippen LogP contribution in [0.15, 0.2) is 12.2 Å². The van der Waals surface area contributed by atoms with Gasteiger partial charge in [0.25, 0.3) is 0 Å². The lowest BCUT2D eigenvalue weighted by atomic mass is 9.61. The second-order valence-corrected chi connectivity index (χ2v) is 14.1. The maximum absolute atomic E-state index is 13.7.